The molecule has 0 heterocycles. The predicted molar refractivity (Wildman–Crippen MR) is 47.2 cm³/mol. The van der Waals surface area contributed by atoms with Crippen molar-refractivity contribution in [2.45, 2.75) is 12.5 Å². The Kier molecular flexibility index (Phi) is 10.7. The van der Waals surface area contributed by atoms with Crippen LogP contribution in [0.3, 0.4) is 0 Å². The van der Waals surface area contributed by atoms with Crippen LogP contribution in [0.2, 0.25) is 0 Å². The van der Waals surface area contributed by atoms with Gasteiger partial charge in [-0.05, 0) is 12.2 Å². The molecule has 12 heavy (non-hydrogen) atoms. The number of hydrogen-bond donors (Lipinski definition) is 4. The van der Waals surface area contributed by atoms with Crippen molar-refractivity contribution in [1.82, 2.24) is 0 Å². The van der Waals surface area contributed by atoms with Gasteiger partial charge in [0.25, 0.3) is 0 Å². The van der Waals surface area contributed by atoms with Crippen LogP contribution < -0.4 is 10.9 Å². The summed E-state index contributed by atoms with van der Waals surface area (Å²) >= 11 is 1.45. The summed E-state index contributed by atoms with van der Waals surface area (Å²) in [5.41, 5.74) is 5.08. The maximum atomic E-state index is 9.93. The molecule has 0 aromatic rings. The number of carboxylic acid groups (broad SMARTS) is 1. The first-order valence-electron chi connectivity index (χ1n) is 2.84. The topological polar surface area (TPSA) is 129 Å². The molecule has 0 bridgehead atoms. The maximum absolute atomic E-state index is 9.93. The standard InChI is InChI=1S/C4H9NO2S.H3NO2S/c5-3(1-2-8)4(6)7;1-4(2)3/h3,8H,1-2,5H2,(H,6,7);1H2,(H,2,3)/p-1. The van der Waals surface area contributed by atoms with Crippen LogP contribution in [-0.2, 0) is 16.1 Å². The minimum Gasteiger partial charge on any atom is -0.760 e. The summed E-state index contributed by atoms with van der Waals surface area (Å²) in [7, 11) is 0. The van der Waals surface area contributed by atoms with E-state index in [9.17, 15) is 4.79 Å². The second-order valence-electron chi connectivity index (χ2n) is 1.72. The van der Waals surface area contributed by atoms with Crippen molar-refractivity contribution in [2.75, 3.05) is 5.75 Å². The Hall–Kier alpha value is -0.150. The molecule has 2 unspecified atom stereocenters. The van der Waals surface area contributed by atoms with Crippen LogP contribution in [0.1, 0.15) is 6.42 Å². The van der Waals surface area contributed by atoms with E-state index in [4.69, 9.17) is 19.6 Å². The van der Waals surface area contributed by atoms with Gasteiger partial charge in [-0.15, -0.1) is 0 Å². The Morgan fingerprint density at radius 2 is 2.08 bits per heavy atom. The molecule has 8 heteroatoms. The Morgan fingerprint density at radius 1 is 1.75 bits per heavy atom. The van der Waals surface area contributed by atoms with Crippen molar-refractivity contribution in [3.8, 4) is 0 Å². The molecule has 0 spiro atoms. The number of nitrogens with two attached hydrogens (primary N) is 2. The smallest absolute Gasteiger partial charge is 0.320 e. The quantitative estimate of drug-likeness (QED) is 0.335. The third-order valence-corrected chi connectivity index (χ3v) is 1.02. The van der Waals surface area contributed by atoms with E-state index < -0.39 is 23.3 Å². The van der Waals surface area contributed by atoms with E-state index in [1.54, 1.807) is 0 Å². The van der Waals surface area contributed by atoms with E-state index >= 15 is 0 Å². The first kappa shape index (κ1) is 14.4. The highest BCUT2D eigenvalue weighted by Crippen LogP contribution is 1.88. The molecule has 0 aliphatic carbocycles. The predicted octanol–water partition coefficient (Wildman–Crippen LogP) is -1.54. The van der Waals surface area contributed by atoms with Crippen LogP contribution in [0, 0.1) is 0 Å². The summed E-state index contributed by atoms with van der Waals surface area (Å²) in [6.07, 6.45) is 0.429. The summed E-state index contributed by atoms with van der Waals surface area (Å²) in [5, 5.41) is 12.2. The SMILES string of the molecule is NC(CCS)C(=O)O.NS(=O)[O-]. The molecule has 0 fully saturated rings. The van der Waals surface area contributed by atoms with Gasteiger partial charge in [0.15, 0.2) is 0 Å². The Morgan fingerprint density at radius 3 is 2.17 bits per heavy atom. The summed E-state index contributed by atoms with van der Waals surface area (Å²) < 4.78 is 17.6. The van der Waals surface area contributed by atoms with Crippen molar-refractivity contribution >= 4 is 29.9 Å². The lowest BCUT2D eigenvalue weighted by Crippen LogP contribution is -2.30. The zero-order chi connectivity index (χ0) is 10.1. The highest BCUT2D eigenvalue weighted by Gasteiger charge is 2.08. The van der Waals surface area contributed by atoms with Crippen LogP contribution >= 0.6 is 12.6 Å². The van der Waals surface area contributed by atoms with Crippen molar-refractivity contribution in [2.24, 2.45) is 10.9 Å². The molecule has 0 saturated heterocycles. The monoisotopic (exact) mass is 215 g/mol. The van der Waals surface area contributed by atoms with Crippen LogP contribution in [-0.4, -0.2) is 31.6 Å². The number of rotatable bonds is 3. The second kappa shape index (κ2) is 8.94. The summed E-state index contributed by atoms with van der Waals surface area (Å²) in [4.78, 5) is 9.93. The van der Waals surface area contributed by atoms with E-state index in [1.165, 1.54) is 0 Å². The average Bonchev–Trinajstić information content (AvgIpc) is 1.86. The molecule has 0 aliphatic heterocycles. The molecule has 74 valence electrons. The number of carboxylic acids is 1. The van der Waals surface area contributed by atoms with Gasteiger partial charge in [0.05, 0.1) is 0 Å². The molecular weight excluding hydrogens is 204 g/mol. The summed E-state index contributed by atoms with van der Waals surface area (Å²) in [5.74, 6) is -0.438. The van der Waals surface area contributed by atoms with Crippen LogP contribution in [0.4, 0.5) is 0 Å². The molecule has 6 nitrogen and oxygen atoms in total. The average molecular weight is 215 g/mol. The van der Waals surface area contributed by atoms with E-state index in [2.05, 4.69) is 17.8 Å². The molecule has 5 N–H and O–H groups in total. The van der Waals surface area contributed by atoms with E-state index in [1.807, 2.05) is 0 Å². The van der Waals surface area contributed by atoms with Crippen molar-refractivity contribution < 1.29 is 18.7 Å². The lowest BCUT2D eigenvalue weighted by atomic mass is 10.2. The second-order valence-corrected chi connectivity index (χ2v) is 2.69. The fraction of sp³-hybridized carbons (Fsp3) is 0.750. The van der Waals surface area contributed by atoms with Crippen molar-refractivity contribution in [3.63, 3.8) is 0 Å². The lowest BCUT2D eigenvalue weighted by Gasteiger charge is -2.00. The van der Waals surface area contributed by atoms with Gasteiger partial charge in [-0.3, -0.25) is 14.1 Å². The lowest BCUT2D eigenvalue weighted by molar-refractivity contribution is -0.138. The highest BCUT2D eigenvalue weighted by atomic mass is 32.2. The molecule has 0 aromatic heterocycles. The first-order valence-corrected chi connectivity index (χ1v) is 4.61. The summed E-state index contributed by atoms with van der Waals surface area (Å²) in [6, 6.07) is -0.743. The number of aliphatic carboxylic acids is 1. The molecule has 0 aromatic carbocycles. The Labute approximate surface area is 78.1 Å². The summed E-state index contributed by atoms with van der Waals surface area (Å²) in [6.45, 7) is 0. The number of thiol groups is 1. The highest BCUT2D eigenvalue weighted by molar-refractivity contribution is 7.80. The zero-order valence-electron chi connectivity index (χ0n) is 6.17. The number of carbonyl (C=O) groups is 1. The maximum Gasteiger partial charge on any atom is 0.320 e. The van der Waals surface area contributed by atoms with Gasteiger partial charge >= 0.3 is 5.97 Å². The van der Waals surface area contributed by atoms with Gasteiger partial charge in [0, 0.05) is 11.3 Å². The molecule has 0 radical (unpaired) electrons. The molecule has 0 amide bonds. The molecule has 0 rings (SSSR count). The van der Waals surface area contributed by atoms with Gasteiger partial charge < -0.3 is 15.4 Å². The fourth-order valence-corrected chi connectivity index (χ4v) is 0.541. The minimum absolute atomic E-state index is 0.429. The van der Waals surface area contributed by atoms with Crippen molar-refractivity contribution in [1.29, 1.82) is 0 Å². The van der Waals surface area contributed by atoms with Gasteiger partial charge in [0.1, 0.15) is 6.04 Å². The third-order valence-electron chi connectivity index (χ3n) is 0.757. The fourth-order valence-electron chi connectivity index (χ4n) is 0.263. The minimum atomic E-state index is -2.36. The van der Waals surface area contributed by atoms with Gasteiger partial charge in [-0.1, -0.05) is 0 Å². The molecule has 0 aliphatic rings. The Balaban J connectivity index is 0. The van der Waals surface area contributed by atoms with Gasteiger partial charge in [-0.25, -0.2) is 0 Å². The molecule has 0 saturated carbocycles. The van der Waals surface area contributed by atoms with E-state index in [0.717, 1.165) is 0 Å². The third kappa shape index (κ3) is 16.4. The zero-order valence-corrected chi connectivity index (χ0v) is 7.88. The van der Waals surface area contributed by atoms with Crippen LogP contribution in [0.15, 0.2) is 0 Å². The van der Waals surface area contributed by atoms with Gasteiger partial charge in [-0.2, -0.15) is 12.6 Å². The normalized spacial score (nSPS) is 14.0. The largest absolute Gasteiger partial charge is 0.760 e. The number of hydrogen-bond acceptors (Lipinski definition) is 5. The Bertz CT molecular complexity index is 150. The molecule has 2 atom stereocenters. The molecular formula is C4H11N2O4S2-. The van der Waals surface area contributed by atoms with E-state index in [0.29, 0.717) is 12.2 Å². The first-order chi connectivity index (χ1) is 5.41. The van der Waals surface area contributed by atoms with Crippen LogP contribution in [0.5, 0.6) is 0 Å². The van der Waals surface area contributed by atoms with Gasteiger partial charge in [0.2, 0.25) is 0 Å². The van der Waals surface area contributed by atoms with Crippen molar-refractivity contribution in [3.05, 3.63) is 0 Å². The van der Waals surface area contributed by atoms with E-state index in [-0.39, 0.29) is 0 Å². The van der Waals surface area contributed by atoms with Crippen LogP contribution in [0.25, 0.3) is 0 Å².